The molecule has 0 saturated carbocycles. The average molecular weight is 450 g/mol. The molecule has 0 saturated heterocycles. The van der Waals surface area contributed by atoms with Crippen LogP contribution in [0.2, 0.25) is 5.02 Å². The highest BCUT2D eigenvalue weighted by molar-refractivity contribution is 8.14. The van der Waals surface area contributed by atoms with Crippen molar-refractivity contribution < 1.29 is 13.2 Å². The molecule has 29 heavy (non-hydrogen) atoms. The number of hydrogen-bond acceptors (Lipinski definition) is 5. The van der Waals surface area contributed by atoms with Crippen LogP contribution in [0.15, 0.2) is 52.4 Å². The minimum Gasteiger partial charge on any atom is -0.301 e. The third-order valence-electron chi connectivity index (χ3n) is 4.96. The molecular formula is C20H20ClN3O3S2. The summed E-state index contributed by atoms with van der Waals surface area (Å²) in [5.74, 6) is 0.414. The van der Waals surface area contributed by atoms with Crippen LogP contribution in [0.1, 0.15) is 40.4 Å². The molecule has 6 nitrogen and oxygen atoms in total. The SMILES string of the molecule is O=C(NC1=NCCS1)c1ccc(Cl)c(S(=O)(=O)NC2CCCc3ccccc32)c1. The predicted octanol–water partition coefficient (Wildman–Crippen LogP) is 3.53. The molecule has 2 aliphatic rings. The van der Waals surface area contributed by atoms with Gasteiger partial charge in [0.05, 0.1) is 11.6 Å². The van der Waals surface area contributed by atoms with Crippen LogP contribution in [-0.2, 0) is 16.4 Å². The van der Waals surface area contributed by atoms with E-state index in [0.717, 1.165) is 29.7 Å². The lowest BCUT2D eigenvalue weighted by atomic mass is 9.88. The van der Waals surface area contributed by atoms with Crippen molar-refractivity contribution in [3.63, 3.8) is 0 Å². The van der Waals surface area contributed by atoms with Crippen LogP contribution in [0.25, 0.3) is 0 Å². The Kier molecular flexibility index (Phi) is 5.96. The molecule has 4 rings (SSSR count). The van der Waals surface area contributed by atoms with Crippen LogP contribution in [0, 0.1) is 0 Å². The number of carbonyl (C=O) groups excluding carboxylic acids is 1. The van der Waals surface area contributed by atoms with Gasteiger partial charge in [0.15, 0.2) is 5.17 Å². The number of nitrogens with one attached hydrogen (secondary N) is 2. The number of aliphatic imine (C=N–C) groups is 1. The number of benzene rings is 2. The van der Waals surface area contributed by atoms with Crippen molar-refractivity contribution in [3.05, 3.63) is 64.2 Å². The summed E-state index contributed by atoms with van der Waals surface area (Å²) >= 11 is 7.65. The molecule has 1 aliphatic carbocycles. The number of amidine groups is 1. The summed E-state index contributed by atoms with van der Waals surface area (Å²) in [5.41, 5.74) is 2.36. The lowest BCUT2D eigenvalue weighted by Gasteiger charge is -2.26. The van der Waals surface area contributed by atoms with Crippen LogP contribution < -0.4 is 10.0 Å². The van der Waals surface area contributed by atoms with E-state index in [4.69, 9.17) is 11.6 Å². The molecule has 2 aromatic rings. The first-order valence-corrected chi connectivity index (χ1v) is 12.2. The van der Waals surface area contributed by atoms with E-state index < -0.39 is 15.9 Å². The maximum absolute atomic E-state index is 13.1. The lowest BCUT2D eigenvalue weighted by Crippen LogP contribution is -2.32. The highest BCUT2D eigenvalue weighted by Crippen LogP contribution is 2.32. The second-order valence-corrected chi connectivity index (χ2v) is 10.1. The number of aryl methyl sites for hydroxylation is 1. The summed E-state index contributed by atoms with van der Waals surface area (Å²) in [6.45, 7) is 0.660. The first-order chi connectivity index (χ1) is 13.9. The smallest absolute Gasteiger partial charge is 0.257 e. The van der Waals surface area contributed by atoms with E-state index >= 15 is 0 Å². The second-order valence-electron chi connectivity index (χ2n) is 6.90. The van der Waals surface area contributed by atoms with Crippen LogP contribution in [0.5, 0.6) is 0 Å². The molecule has 0 fully saturated rings. The molecule has 152 valence electrons. The number of halogens is 1. The Bertz CT molecular complexity index is 1090. The van der Waals surface area contributed by atoms with Crippen LogP contribution in [0.4, 0.5) is 0 Å². The number of hydrogen-bond donors (Lipinski definition) is 2. The number of amides is 1. The van der Waals surface area contributed by atoms with Crippen LogP contribution >= 0.6 is 23.4 Å². The van der Waals surface area contributed by atoms with E-state index in [0.29, 0.717) is 18.1 Å². The Morgan fingerprint density at radius 2 is 2.03 bits per heavy atom. The summed E-state index contributed by atoms with van der Waals surface area (Å²) in [4.78, 5) is 16.6. The average Bonchev–Trinajstić information content (AvgIpc) is 3.21. The van der Waals surface area contributed by atoms with Crippen LogP contribution in [-0.4, -0.2) is 31.8 Å². The first kappa shape index (κ1) is 20.4. The molecule has 0 bridgehead atoms. The second kappa shape index (κ2) is 8.47. The Hall–Kier alpha value is -1.87. The highest BCUT2D eigenvalue weighted by atomic mass is 35.5. The number of carbonyl (C=O) groups is 1. The van der Waals surface area contributed by atoms with Crippen molar-refractivity contribution in [3.8, 4) is 0 Å². The number of nitrogens with zero attached hydrogens (tertiary/aromatic N) is 1. The number of sulfonamides is 1. The molecule has 0 spiro atoms. The fourth-order valence-corrected chi connectivity index (χ4v) is 6.06. The van der Waals surface area contributed by atoms with Gasteiger partial charge in [-0.05, 0) is 48.6 Å². The summed E-state index contributed by atoms with van der Waals surface area (Å²) < 4.78 is 29.0. The molecule has 0 radical (unpaired) electrons. The molecule has 0 aromatic heterocycles. The predicted molar refractivity (Wildman–Crippen MR) is 116 cm³/mol. The Morgan fingerprint density at radius 3 is 2.83 bits per heavy atom. The van der Waals surface area contributed by atoms with Gasteiger partial charge in [0.25, 0.3) is 5.91 Å². The van der Waals surface area contributed by atoms with Gasteiger partial charge >= 0.3 is 0 Å². The fourth-order valence-electron chi connectivity index (χ4n) is 3.56. The minimum absolute atomic E-state index is 0.0747. The summed E-state index contributed by atoms with van der Waals surface area (Å²) in [7, 11) is -3.91. The number of fused-ring (bicyclic) bond motifs is 1. The summed E-state index contributed by atoms with van der Waals surface area (Å²) in [6.07, 6.45) is 2.55. The summed E-state index contributed by atoms with van der Waals surface area (Å²) in [6, 6.07) is 11.8. The molecule has 9 heteroatoms. The topological polar surface area (TPSA) is 87.6 Å². The molecule has 1 unspecified atom stereocenters. The van der Waals surface area contributed by atoms with Gasteiger partial charge in [0.2, 0.25) is 10.0 Å². The Morgan fingerprint density at radius 1 is 1.21 bits per heavy atom. The fraction of sp³-hybridized carbons (Fsp3) is 0.300. The monoisotopic (exact) mass is 449 g/mol. The largest absolute Gasteiger partial charge is 0.301 e. The molecule has 1 heterocycles. The minimum atomic E-state index is -3.91. The molecule has 2 N–H and O–H groups in total. The Balaban J connectivity index is 1.59. The van der Waals surface area contributed by atoms with Crippen LogP contribution in [0.3, 0.4) is 0 Å². The maximum atomic E-state index is 13.1. The van der Waals surface area contributed by atoms with Crippen molar-refractivity contribution in [2.45, 2.75) is 30.2 Å². The molecule has 1 aliphatic heterocycles. The van der Waals surface area contributed by atoms with E-state index in [1.54, 1.807) is 0 Å². The zero-order valence-corrected chi connectivity index (χ0v) is 17.9. The van der Waals surface area contributed by atoms with Gasteiger partial charge in [0.1, 0.15) is 4.90 Å². The van der Waals surface area contributed by atoms with Crippen molar-refractivity contribution in [2.75, 3.05) is 12.3 Å². The number of thioether (sulfide) groups is 1. The van der Waals surface area contributed by atoms with Gasteiger partial charge in [-0.1, -0.05) is 47.6 Å². The van der Waals surface area contributed by atoms with Crippen molar-refractivity contribution in [1.29, 1.82) is 0 Å². The van der Waals surface area contributed by atoms with E-state index in [9.17, 15) is 13.2 Å². The highest BCUT2D eigenvalue weighted by Gasteiger charge is 2.28. The van der Waals surface area contributed by atoms with Crippen molar-refractivity contribution in [1.82, 2.24) is 10.0 Å². The lowest BCUT2D eigenvalue weighted by molar-refractivity contribution is 0.0978. The third-order valence-corrected chi connectivity index (χ3v) is 7.80. The van der Waals surface area contributed by atoms with E-state index in [2.05, 4.69) is 15.0 Å². The van der Waals surface area contributed by atoms with E-state index in [1.165, 1.54) is 30.0 Å². The van der Waals surface area contributed by atoms with Crippen molar-refractivity contribution in [2.24, 2.45) is 4.99 Å². The van der Waals surface area contributed by atoms with Gasteiger partial charge < -0.3 is 5.32 Å². The van der Waals surface area contributed by atoms with Crippen molar-refractivity contribution >= 4 is 44.5 Å². The third kappa shape index (κ3) is 4.50. The zero-order valence-electron chi connectivity index (χ0n) is 15.5. The van der Waals surface area contributed by atoms with Gasteiger partial charge in [-0.25, -0.2) is 13.1 Å². The van der Waals surface area contributed by atoms with Gasteiger partial charge in [-0.15, -0.1) is 0 Å². The quantitative estimate of drug-likeness (QED) is 0.747. The van der Waals surface area contributed by atoms with E-state index in [-0.39, 0.29) is 21.5 Å². The summed E-state index contributed by atoms with van der Waals surface area (Å²) in [5, 5.41) is 3.33. The molecule has 1 amide bonds. The number of rotatable bonds is 4. The maximum Gasteiger partial charge on any atom is 0.257 e. The molecule has 2 aromatic carbocycles. The van der Waals surface area contributed by atoms with E-state index in [1.807, 2.05) is 24.3 Å². The zero-order chi connectivity index (χ0) is 20.4. The molecule has 1 atom stereocenters. The molecular weight excluding hydrogens is 430 g/mol. The first-order valence-electron chi connectivity index (χ1n) is 9.32. The Labute approximate surface area is 179 Å². The standard InChI is InChI=1S/C20H20ClN3O3S2/c21-16-9-8-14(19(25)23-20-22-10-11-28-20)12-18(16)29(26,27)24-17-7-3-5-13-4-1-2-6-15(13)17/h1-2,4,6,8-9,12,17,24H,3,5,7,10-11H2,(H,22,23,25). The normalized spacial score (nSPS) is 18.8. The van der Waals surface area contributed by atoms with Gasteiger partial charge in [-0.3, -0.25) is 9.79 Å². The van der Waals surface area contributed by atoms with Gasteiger partial charge in [-0.2, -0.15) is 0 Å². The van der Waals surface area contributed by atoms with Gasteiger partial charge in [0, 0.05) is 17.4 Å².